The molecule has 0 unspecified atom stereocenters. The molecule has 0 fully saturated rings. The molecule has 138 valence electrons. The molecule has 2 N–H and O–H groups in total. The molecule has 2 aromatic rings. The number of carbonyl (C=O) groups excluding carboxylic acids is 1. The molecule has 2 aromatic carbocycles. The fraction of sp³-hybridized carbons (Fsp3) is 0.263. The Bertz CT molecular complexity index is 935. The number of aliphatic carboxylic acids is 1. The Morgan fingerprint density at radius 1 is 1.12 bits per heavy atom. The van der Waals surface area contributed by atoms with E-state index < -0.39 is 21.7 Å². The second-order valence-electron chi connectivity index (χ2n) is 5.99. The van der Waals surface area contributed by atoms with Gasteiger partial charge in [-0.15, -0.1) is 0 Å². The van der Waals surface area contributed by atoms with Crippen LogP contribution in [0.1, 0.15) is 34.8 Å². The Balaban J connectivity index is 2.27. The van der Waals surface area contributed by atoms with Crippen molar-refractivity contribution in [2.24, 2.45) is 0 Å². The van der Waals surface area contributed by atoms with Crippen LogP contribution in [-0.2, 0) is 27.5 Å². The van der Waals surface area contributed by atoms with E-state index in [1.807, 2.05) is 6.92 Å². The molecule has 0 radical (unpaired) electrons. The number of amides is 1. The van der Waals surface area contributed by atoms with Crippen LogP contribution in [0.15, 0.2) is 47.4 Å². The predicted molar refractivity (Wildman–Crippen MR) is 99.3 cm³/mol. The molecule has 7 heteroatoms. The van der Waals surface area contributed by atoms with E-state index in [9.17, 15) is 18.0 Å². The van der Waals surface area contributed by atoms with Gasteiger partial charge in [-0.2, -0.15) is 0 Å². The van der Waals surface area contributed by atoms with Crippen LogP contribution in [0.3, 0.4) is 0 Å². The van der Waals surface area contributed by atoms with Crippen molar-refractivity contribution in [1.82, 2.24) is 0 Å². The lowest BCUT2D eigenvalue weighted by Crippen LogP contribution is -2.15. The first kappa shape index (κ1) is 19.7. The van der Waals surface area contributed by atoms with Gasteiger partial charge in [-0.3, -0.25) is 9.59 Å². The fourth-order valence-corrected chi connectivity index (χ4v) is 3.21. The molecule has 0 saturated heterocycles. The zero-order valence-electron chi connectivity index (χ0n) is 14.7. The third-order valence-electron chi connectivity index (χ3n) is 3.95. The van der Waals surface area contributed by atoms with Crippen molar-refractivity contribution < 1.29 is 23.1 Å². The number of hydrogen-bond acceptors (Lipinski definition) is 4. The van der Waals surface area contributed by atoms with Gasteiger partial charge in [0.15, 0.2) is 9.84 Å². The van der Waals surface area contributed by atoms with Gasteiger partial charge in [-0.1, -0.05) is 25.1 Å². The number of anilines is 1. The molecule has 0 aliphatic carbocycles. The molecule has 0 aromatic heterocycles. The van der Waals surface area contributed by atoms with Crippen LogP contribution < -0.4 is 5.32 Å². The largest absolute Gasteiger partial charge is 0.481 e. The summed E-state index contributed by atoms with van der Waals surface area (Å²) in [6.45, 7) is 1.89. The maximum atomic E-state index is 12.7. The number of nitrogens with one attached hydrogen (secondary N) is 1. The molecule has 0 aliphatic heterocycles. The third kappa shape index (κ3) is 5.16. The van der Waals surface area contributed by atoms with Gasteiger partial charge in [-0.25, -0.2) is 8.42 Å². The Morgan fingerprint density at radius 3 is 2.46 bits per heavy atom. The number of hydrogen-bond donors (Lipinski definition) is 2. The summed E-state index contributed by atoms with van der Waals surface area (Å²) >= 11 is 0. The summed E-state index contributed by atoms with van der Waals surface area (Å²) in [6, 6.07) is 11.5. The Hall–Kier alpha value is -2.67. The van der Waals surface area contributed by atoms with Crippen LogP contribution in [0.2, 0.25) is 0 Å². The van der Waals surface area contributed by atoms with E-state index in [4.69, 9.17) is 5.11 Å². The number of carboxylic acids is 1. The highest BCUT2D eigenvalue weighted by atomic mass is 32.2. The van der Waals surface area contributed by atoms with Crippen LogP contribution in [0.25, 0.3) is 0 Å². The van der Waals surface area contributed by atoms with Crippen molar-refractivity contribution in [3.05, 3.63) is 59.2 Å². The van der Waals surface area contributed by atoms with Crippen LogP contribution in [0.4, 0.5) is 5.69 Å². The van der Waals surface area contributed by atoms with Gasteiger partial charge in [0.05, 0.1) is 4.90 Å². The average molecular weight is 375 g/mol. The van der Waals surface area contributed by atoms with Gasteiger partial charge in [0.2, 0.25) is 0 Å². The highest BCUT2D eigenvalue weighted by Gasteiger charge is 2.16. The lowest BCUT2D eigenvalue weighted by atomic mass is 10.0. The second kappa shape index (κ2) is 8.14. The van der Waals surface area contributed by atoms with Crippen molar-refractivity contribution in [1.29, 1.82) is 0 Å². The summed E-state index contributed by atoms with van der Waals surface area (Å²) in [6.07, 6.45) is 2.06. The van der Waals surface area contributed by atoms with Gasteiger partial charge in [0.25, 0.3) is 5.91 Å². The van der Waals surface area contributed by atoms with E-state index in [1.54, 1.807) is 30.3 Å². The van der Waals surface area contributed by atoms with Crippen LogP contribution in [0, 0.1) is 0 Å². The van der Waals surface area contributed by atoms with E-state index in [1.165, 1.54) is 12.1 Å². The fourth-order valence-electron chi connectivity index (χ4n) is 2.56. The van der Waals surface area contributed by atoms with Crippen molar-refractivity contribution in [3.63, 3.8) is 0 Å². The highest BCUT2D eigenvalue weighted by molar-refractivity contribution is 7.90. The molecule has 2 rings (SSSR count). The summed E-state index contributed by atoms with van der Waals surface area (Å²) in [5, 5.41) is 11.5. The maximum Gasteiger partial charge on any atom is 0.303 e. The first-order valence-corrected chi connectivity index (χ1v) is 10.0. The van der Waals surface area contributed by atoms with Crippen LogP contribution in [-0.4, -0.2) is 31.7 Å². The maximum absolute atomic E-state index is 12.7. The Labute approximate surface area is 152 Å². The lowest BCUT2D eigenvalue weighted by Gasteiger charge is -2.11. The number of benzene rings is 2. The normalized spacial score (nSPS) is 11.2. The molecule has 0 saturated carbocycles. The zero-order chi connectivity index (χ0) is 19.3. The topological polar surface area (TPSA) is 101 Å². The van der Waals surface area contributed by atoms with E-state index in [0.29, 0.717) is 24.1 Å². The standard InChI is InChI=1S/C19H21NO5S/c1-3-14-8-9-16(26(2,24)25)12-17(14)19(23)20-15-6-4-5-13(11-15)7-10-18(21)22/h4-6,8-9,11-12H,3,7,10H2,1-2H3,(H,20,23)(H,21,22). The van der Waals surface area contributed by atoms with Gasteiger partial charge in [0.1, 0.15) is 0 Å². The molecule has 0 aliphatic rings. The van der Waals surface area contributed by atoms with E-state index in [0.717, 1.165) is 17.4 Å². The van der Waals surface area contributed by atoms with E-state index >= 15 is 0 Å². The number of sulfone groups is 1. The summed E-state index contributed by atoms with van der Waals surface area (Å²) in [5.74, 6) is -1.28. The summed E-state index contributed by atoms with van der Waals surface area (Å²) in [7, 11) is -3.41. The van der Waals surface area contributed by atoms with Gasteiger partial charge < -0.3 is 10.4 Å². The predicted octanol–water partition coefficient (Wildman–Crippen LogP) is 2.92. The Morgan fingerprint density at radius 2 is 1.85 bits per heavy atom. The quantitative estimate of drug-likeness (QED) is 0.775. The Kier molecular flexibility index (Phi) is 6.15. The molecule has 0 bridgehead atoms. The van der Waals surface area contributed by atoms with Gasteiger partial charge in [-0.05, 0) is 48.2 Å². The van der Waals surface area contributed by atoms with Crippen molar-refractivity contribution in [2.75, 3.05) is 11.6 Å². The van der Waals surface area contributed by atoms with Crippen molar-refractivity contribution in [2.45, 2.75) is 31.1 Å². The lowest BCUT2D eigenvalue weighted by molar-refractivity contribution is -0.136. The van der Waals surface area contributed by atoms with E-state index in [2.05, 4.69) is 5.32 Å². The number of carbonyl (C=O) groups is 2. The third-order valence-corrected chi connectivity index (χ3v) is 5.06. The molecular weight excluding hydrogens is 354 g/mol. The second-order valence-corrected chi connectivity index (χ2v) is 8.01. The first-order valence-electron chi connectivity index (χ1n) is 8.15. The highest BCUT2D eigenvalue weighted by Crippen LogP contribution is 2.19. The van der Waals surface area contributed by atoms with Crippen molar-refractivity contribution >= 4 is 27.4 Å². The zero-order valence-corrected chi connectivity index (χ0v) is 15.5. The minimum atomic E-state index is -3.41. The molecule has 6 nitrogen and oxygen atoms in total. The smallest absolute Gasteiger partial charge is 0.303 e. The van der Waals surface area contributed by atoms with Gasteiger partial charge in [0, 0.05) is 23.9 Å². The monoisotopic (exact) mass is 375 g/mol. The molecule has 26 heavy (non-hydrogen) atoms. The molecule has 0 heterocycles. The average Bonchev–Trinajstić information content (AvgIpc) is 2.59. The number of aryl methyl sites for hydroxylation is 2. The summed E-state index contributed by atoms with van der Waals surface area (Å²) < 4.78 is 23.5. The van der Waals surface area contributed by atoms with Crippen molar-refractivity contribution in [3.8, 4) is 0 Å². The molecule has 0 spiro atoms. The van der Waals surface area contributed by atoms with Gasteiger partial charge >= 0.3 is 5.97 Å². The van der Waals surface area contributed by atoms with Crippen LogP contribution in [0.5, 0.6) is 0 Å². The number of carboxylic acid groups (broad SMARTS) is 1. The summed E-state index contributed by atoms with van der Waals surface area (Å²) in [5.41, 5.74) is 2.39. The summed E-state index contributed by atoms with van der Waals surface area (Å²) in [4.78, 5) is 23.4. The van der Waals surface area contributed by atoms with Crippen LogP contribution >= 0.6 is 0 Å². The molecular formula is C19H21NO5S. The van der Waals surface area contributed by atoms with E-state index in [-0.39, 0.29) is 11.3 Å². The molecule has 1 amide bonds. The number of rotatable bonds is 7. The molecule has 0 atom stereocenters. The minimum Gasteiger partial charge on any atom is -0.481 e. The minimum absolute atomic E-state index is 0.00773. The first-order chi connectivity index (χ1) is 12.2. The SMILES string of the molecule is CCc1ccc(S(C)(=O)=O)cc1C(=O)Nc1cccc(CCC(=O)O)c1.